The first-order chi connectivity index (χ1) is 14.8. The lowest BCUT2D eigenvalue weighted by molar-refractivity contribution is -0.113. The second-order valence-corrected chi connectivity index (χ2v) is 8.77. The molecule has 0 atom stereocenters. The zero-order chi connectivity index (χ0) is 22.4. The fourth-order valence-corrected chi connectivity index (χ4v) is 3.38. The van der Waals surface area contributed by atoms with Crippen LogP contribution < -0.4 is 15.9 Å². The number of nitrogen functional groups attached to an aromatic ring is 1. The molecule has 9 heteroatoms. The highest BCUT2D eigenvalue weighted by Gasteiger charge is 2.15. The Morgan fingerprint density at radius 1 is 1.19 bits per heavy atom. The van der Waals surface area contributed by atoms with Crippen molar-refractivity contribution in [2.75, 3.05) is 16.9 Å². The van der Waals surface area contributed by atoms with Crippen LogP contribution in [0.25, 0.3) is 0 Å². The van der Waals surface area contributed by atoms with E-state index >= 15 is 0 Å². The van der Waals surface area contributed by atoms with E-state index in [1.165, 1.54) is 10.2 Å². The number of nitrogens with two attached hydrogens (primary N) is 1. The molecular formula is C22H24N6O2S. The quantitative estimate of drug-likeness (QED) is 0.430. The Morgan fingerprint density at radius 2 is 1.90 bits per heavy atom. The van der Waals surface area contributed by atoms with Crippen molar-refractivity contribution < 1.29 is 9.53 Å². The number of carbonyl (C=O) groups excluding carboxylic acids is 1. The molecule has 0 aliphatic rings. The Hall–Kier alpha value is -3.51. The maximum atomic E-state index is 12.2. The summed E-state index contributed by atoms with van der Waals surface area (Å²) in [6.07, 6.45) is 0. The molecule has 31 heavy (non-hydrogen) atoms. The second-order valence-electron chi connectivity index (χ2n) is 7.83. The fraction of sp³-hybridized carbons (Fsp3) is 0.273. The van der Waals surface area contributed by atoms with E-state index in [9.17, 15) is 4.79 Å². The number of benzene rings is 2. The number of anilines is 1. The van der Waals surface area contributed by atoms with E-state index in [0.29, 0.717) is 28.0 Å². The van der Waals surface area contributed by atoms with Crippen LogP contribution in [-0.2, 0) is 16.8 Å². The number of thioether (sulfide) groups is 1. The highest BCUT2D eigenvalue weighted by molar-refractivity contribution is 7.99. The van der Waals surface area contributed by atoms with Gasteiger partial charge in [0, 0.05) is 0 Å². The minimum absolute atomic E-state index is 0.0736. The molecule has 0 saturated carbocycles. The standard InChI is InChI=1S/C22H24N6O2S/c1-22(2,3)16-8-10-17(11-9-16)30-13-19-26-27-21(28(19)24)31-14-20(29)25-18-7-5-4-6-15(18)12-23/h4-11H,13-14,24H2,1-3H3,(H,25,29). The molecule has 3 aromatic rings. The Morgan fingerprint density at radius 3 is 2.58 bits per heavy atom. The van der Waals surface area contributed by atoms with Crippen molar-refractivity contribution in [1.29, 1.82) is 5.26 Å². The number of carbonyl (C=O) groups is 1. The summed E-state index contributed by atoms with van der Waals surface area (Å²) >= 11 is 1.15. The van der Waals surface area contributed by atoms with Gasteiger partial charge in [0.2, 0.25) is 11.1 Å². The van der Waals surface area contributed by atoms with Crippen LogP contribution in [0.4, 0.5) is 5.69 Å². The fourth-order valence-electron chi connectivity index (χ4n) is 2.71. The van der Waals surface area contributed by atoms with Crippen LogP contribution in [0.5, 0.6) is 5.75 Å². The number of ether oxygens (including phenoxy) is 1. The van der Waals surface area contributed by atoms with Crippen LogP contribution in [0, 0.1) is 11.3 Å². The van der Waals surface area contributed by atoms with Gasteiger partial charge < -0.3 is 15.9 Å². The van der Waals surface area contributed by atoms with Gasteiger partial charge in [-0.2, -0.15) is 5.26 Å². The van der Waals surface area contributed by atoms with Gasteiger partial charge in [0.1, 0.15) is 18.4 Å². The van der Waals surface area contributed by atoms with Gasteiger partial charge in [0.15, 0.2) is 5.82 Å². The summed E-state index contributed by atoms with van der Waals surface area (Å²) in [6, 6.07) is 16.7. The SMILES string of the molecule is CC(C)(C)c1ccc(OCc2nnc(SCC(=O)Nc3ccccc3C#N)n2N)cc1. The number of rotatable bonds is 7. The van der Waals surface area contributed by atoms with E-state index in [1.807, 2.05) is 30.3 Å². The lowest BCUT2D eigenvalue weighted by atomic mass is 9.87. The smallest absolute Gasteiger partial charge is 0.234 e. The molecule has 1 amide bonds. The highest BCUT2D eigenvalue weighted by Crippen LogP contribution is 2.25. The van der Waals surface area contributed by atoms with Gasteiger partial charge >= 0.3 is 0 Å². The molecule has 160 valence electrons. The molecule has 2 aromatic carbocycles. The summed E-state index contributed by atoms with van der Waals surface area (Å²) < 4.78 is 7.07. The summed E-state index contributed by atoms with van der Waals surface area (Å²) in [5, 5.41) is 20.3. The minimum atomic E-state index is -0.271. The van der Waals surface area contributed by atoms with Gasteiger partial charge in [-0.15, -0.1) is 10.2 Å². The highest BCUT2D eigenvalue weighted by atomic mass is 32.2. The summed E-state index contributed by atoms with van der Waals surface area (Å²) in [7, 11) is 0. The molecule has 0 fully saturated rings. The summed E-state index contributed by atoms with van der Waals surface area (Å²) in [4.78, 5) is 12.2. The Balaban J connectivity index is 1.54. The van der Waals surface area contributed by atoms with Crippen LogP contribution in [-0.4, -0.2) is 26.5 Å². The molecule has 3 rings (SSSR count). The topological polar surface area (TPSA) is 119 Å². The molecule has 1 aromatic heterocycles. The average Bonchev–Trinajstić information content (AvgIpc) is 3.10. The lowest BCUT2D eigenvalue weighted by Gasteiger charge is -2.19. The zero-order valence-corrected chi connectivity index (χ0v) is 18.4. The number of para-hydroxylation sites is 1. The minimum Gasteiger partial charge on any atom is -0.486 e. The van der Waals surface area contributed by atoms with E-state index in [4.69, 9.17) is 15.8 Å². The summed E-state index contributed by atoms with van der Waals surface area (Å²) in [5.74, 6) is 7.00. The molecule has 0 aliphatic carbocycles. The predicted octanol–water partition coefficient (Wildman–Crippen LogP) is 3.47. The number of hydrogen-bond acceptors (Lipinski definition) is 7. The molecule has 0 saturated heterocycles. The maximum Gasteiger partial charge on any atom is 0.234 e. The van der Waals surface area contributed by atoms with Crippen molar-refractivity contribution in [2.24, 2.45) is 0 Å². The number of hydrogen-bond donors (Lipinski definition) is 2. The Bertz CT molecular complexity index is 1100. The van der Waals surface area contributed by atoms with Crippen LogP contribution in [0.1, 0.15) is 37.7 Å². The van der Waals surface area contributed by atoms with E-state index in [0.717, 1.165) is 11.8 Å². The van der Waals surface area contributed by atoms with Gasteiger partial charge in [-0.3, -0.25) is 4.79 Å². The number of aromatic nitrogens is 3. The molecule has 8 nitrogen and oxygen atoms in total. The summed E-state index contributed by atoms with van der Waals surface area (Å²) in [5.41, 5.74) is 2.16. The van der Waals surface area contributed by atoms with E-state index in [2.05, 4.69) is 36.3 Å². The van der Waals surface area contributed by atoms with Crippen molar-refractivity contribution in [1.82, 2.24) is 14.9 Å². The first-order valence-corrected chi connectivity index (χ1v) is 10.6. The first-order valence-electron chi connectivity index (χ1n) is 9.62. The van der Waals surface area contributed by atoms with Crippen LogP contribution in [0.2, 0.25) is 0 Å². The molecule has 0 spiro atoms. The molecule has 3 N–H and O–H groups in total. The van der Waals surface area contributed by atoms with E-state index < -0.39 is 0 Å². The van der Waals surface area contributed by atoms with Crippen molar-refractivity contribution >= 4 is 23.4 Å². The predicted molar refractivity (Wildman–Crippen MR) is 120 cm³/mol. The number of nitriles is 1. The lowest BCUT2D eigenvalue weighted by Crippen LogP contribution is -2.18. The van der Waals surface area contributed by atoms with E-state index in [1.54, 1.807) is 24.3 Å². The first kappa shape index (κ1) is 22.2. The molecule has 0 aliphatic heterocycles. The van der Waals surface area contributed by atoms with Crippen molar-refractivity contribution in [3.05, 3.63) is 65.5 Å². The van der Waals surface area contributed by atoms with Gasteiger partial charge in [-0.1, -0.05) is 56.8 Å². The Labute approximate surface area is 185 Å². The molecular weight excluding hydrogens is 412 g/mol. The maximum absolute atomic E-state index is 12.2. The normalized spacial score (nSPS) is 11.0. The molecule has 0 bridgehead atoms. The van der Waals surface area contributed by atoms with Crippen molar-refractivity contribution in [3.63, 3.8) is 0 Å². The number of amides is 1. The number of nitrogens with one attached hydrogen (secondary N) is 1. The second kappa shape index (κ2) is 9.53. The van der Waals surface area contributed by atoms with Gasteiger partial charge in [0.05, 0.1) is 17.0 Å². The van der Waals surface area contributed by atoms with E-state index in [-0.39, 0.29) is 23.7 Å². The van der Waals surface area contributed by atoms with Gasteiger partial charge in [-0.05, 0) is 35.2 Å². The molecule has 1 heterocycles. The van der Waals surface area contributed by atoms with Crippen molar-refractivity contribution in [3.8, 4) is 11.8 Å². The van der Waals surface area contributed by atoms with Gasteiger partial charge in [0.25, 0.3) is 0 Å². The van der Waals surface area contributed by atoms with Crippen LogP contribution in [0.3, 0.4) is 0 Å². The monoisotopic (exact) mass is 436 g/mol. The third kappa shape index (κ3) is 5.77. The third-order valence-electron chi connectivity index (χ3n) is 4.48. The average molecular weight is 437 g/mol. The van der Waals surface area contributed by atoms with Crippen LogP contribution >= 0.6 is 11.8 Å². The van der Waals surface area contributed by atoms with Crippen LogP contribution in [0.15, 0.2) is 53.7 Å². The number of nitrogens with zero attached hydrogens (tertiary/aromatic N) is 4. The molecule has 0 unspecified atom stereocenters. The zero-order valence-electron chi connectivity index (χ0n) is 17.6. The van der Waals surface area contributed by atoms with Crippen molar-refractivity contribution in [2.45, 2.75) is 37.9 Å². The molecule has 0 radical (unpaired) electrons. The summed E-state index contributed by atoms with van der Waals surface area (Å²) in [6.45, 7) is 6.62. The van der Waals surface area contributed by atoms with Gasteiger partial charge in [-0.25, -0.2) is 4.68 Å². The Kier molecular flexibility index (Phi) is 6.82. The third-order valence-corrected chi connectivity index (χ3v) is 5.42. The largest absolute Gasteiger partial charge is 0.486 e.